The van der Waals surface area contributed by atoms with Gasteiger partial charge in [-0.3, -0.25) is 4.79 Å². The number of ether oxygens (including phenoxy) is 1. The maximum absolute atomic E-state index is 12.3. The molecule has 0 saturated carbocycles. The number of hydrogen-bond acceptors (Lipinski definition) is 4. The second kappa shape index (κ2) is 5.94. The largest absolute Gasteiger partial charge is 0.495 e. The Morgan fingerprint density at radius 1 is 1.10 bits per heavy atom. The highest BCUT2D eigenvalue weighted by Gasteiger charge is 2.19. The fourth-order valence-electron chi connectivity index (χ4n) is 1.84. The zero-order valence-electron chi connectivity index (χ0n) is 11.2. The Kier molecular flexibility index (Phi) is 4.25. The van der Waals surface area contributed by atoms with Crippen LogP contribution in [0.4, 0.5) is 5.69 Å². The van der Waals surface area contributed by atoms with Crippen molar-refractivity contribution >= 4 is 21.6 Å². The van der Waals surface area contributed by atoms with Gasteiger partial charge in [-0.25, -0.2) is 13.6 Å². The van der Waals surface area contributed by atoms with E-state index in [1.165, 1.54) is 25.3 Å². The molecule has 7 heteroatoms. The van der Waals surface area contributed by atoms with Gasteiger partial charge in [-0.1, -0.05) is 24.3 Å². The van der Waals surface area contributed by atoms with E-state index in [9.17, 15) is 13.2 Å². The van der Waals surface area contributed by atoms with Crippen LogP contribution in [0.3, 0.4) is 0 Å². The average Bonchev–Trinajstić information content (AvgIpc) is 2.47. The van der Waals surface area contributed by atoms with Crippen LogP contribution in [0.2, 0.25) is 0 Å². The number of hydrogen-bond donors (Lipinski definition) is 2. The first-order valence-electron chi connectivity index (χ1n) is 5.99. The number of rotatable bonds is 4. The molecule has 0 spiro atoms. The molecular formula is C14H14N2O4S. The van der Waals surface area contributed by atoms with Crippen LogP contribution in [-0.2, 0) is 10.0 Å². The molecule has 0 aromatic heterocycles. The van der Waals surface area contributed by atoms with E-state index in [1.807, 2.05) is 0 Å². The number of carbonyl (C=O) groups is 1. The van der Waals surface area contributed by atoms with Crippen molar-refractivity contribution in [2.24, 2.45) is 5.14 Å². The second-order valence-electron chi connectivity index (χ2n) is 4.20. The number of methoxy groups -OCH3 is 1. The summed E-state index contributed by atoms with van der Waals surface area (Å²) in [6, 6.07) is 12.6. The molecule has 6 nitrogen and oxygen atoms in total. The molecular weight excluding hydrogens is 292 g/mol. The van der Waals surface area contributed by atoms with Crippen molar-refractivity contribution in [1.29, 1.82) is 0 Å². The maximum Gasteiger partial charge on any atom is 0.257 e. The molecule has 0 atom stereocenters. The van der Waals surface area contributed by atoms with E-state index in [0.717, 1.165) is 0 Å². The molecule has 0 aliphatic heterocycles. The number of primary sulfonamides is 1. The fraction of sp³-hybridized carbons (Fsp3) is 0.0714. The highest BCUT2D eigenvalue weighted by atomic mass is 32.2. The number of amides is 1. The summed E-state index contributed by atoms with van der Waals surface area (Å²) in [5.74, 6) is -0.108. The third-order valence-electron chi connectivity index (χ3n) is 2.79. The van der Waals surface area contributed by atoms with Crippen LogP contribution < -0.4 is 15.2 Å². The first-order chi connectivity index (χ1) is 9.93. The molecule has 0 radical (unpaired) electrons. The number of para-hydroxylation sites is 2. The number of anilines is 1. The SMILES string of the molecule is COc1ccccc1NC(=O)c1ccccc1S(N)(=O)=O. The summed E-state index contributed by atoms with van der Waals surface area (Å²) < 4.78 is 28.1. The van der Waals surface area contributed by atoms with Gasteiger partial charge >= 0.3 is 0 Å². The van der Waals surface area contributed by atoms with Gasteiger partial charge in [-0.15, -0.1) is 0 Å². The monoisotopic (exact) mass is 306 g/mol. The summed E-state index contributed by atoms with van der Waals surface area (Å²) in [4.78, 5) is 12.0. The smallest absolute Gasteiger partial charge is 0.257 e. The van der Waals surface area contributed by atoms with Crippen LogP contribution in [0.25, 0.3) is 0 Å². The lowest BCUT2D eigenvalue weighted by atomic mass is 10.2. The molecule has 21 heavy (non-hydrogen) atoms. The van der Waals surface area contributed by atoms with Crippen LogP contribution in [-0.4, -0.2) is 21.4 Å². The van der Waals surface area contributed by atoms with Crippen LogP contribution in [0.1, 0.15) is 10.4 Å². The van der Waals surface area contributed by atoms with Gasteiger partial charge in [0.1, 0.15) is 5.75 Å². The van der Waals surface area contributed by atoms with E-state index in [2.05, 4.69) is 5.32 Å². The van der Waals surface area contributed by atoms with Crippen LogP contribution in [0.15, 0.2) is 53.4 Å². The predicted octanol–water partition coefficient (Wildman–Crippen LogP) is 1.59. The highest BCUT2D eigenvalue weighted by molar-refractivity contribution is 7.89. The number of benzene rings is 2. The summed E-state index contributed by atoms with van der Waals surface area (Å²) in [6.07, 6.45) is 0. The Bertz CT molecular complexity index is 772. The molecule has 0 fully saturated rings. The zero-order valence-corrected chi connectivity index (χ0v) is 12.1. The van der Waals surface area contributed by atoms with Crippen molar-refractivity contribution in [2.75, 3.05) is 12.4 Å². The van der Waals surface area contributed by atoms with Gasteiger partial charge in [0.05, 0.1) is 23.3 Å². The molecule has 0 bridgehead atoms. The highest BCUT2D eigenvalue weighted by Crippen LogP contribution is 2.24. The van der Waals surface area contributed by atoms with Crippen molar-refractivity contribution in [1.82, 2.24) is 0 Å². The minimum absolute atomic E-state index is 0.0223. The quantitative estimate of drug-likeness (QED) is 0.896. The van der Waals surface area contributed by atoms with Gasteiger partial charge < -0.3 is 10.1 Å². The number of sulfonamides is 1. The Hall–Kier alpha value is -2.38. The van der Waals surface area contributed by atoms with E-state index in [0.29, 0.717) is 11.4 Å². The summed E-state index contributed by atoms with van der Waals surface area (Å²) >= 11 is 0. The number of nitrogens with one attached hydrogen (secondary N) is 1. The lowest BCUT2D eigenvalue weighted by molar-refractivity contribution is 0.102. The van der Waals surface area contributed by atoms with E-state index in [1.54, 1.807) is 30.3 Å². The summed E-state index contributed by atoms with van der Waals surface area (Å²) in [5, 5.41) is 7.72. The van der Waals surface area contributed by atoms with E-state index in [4.69, 9.17) is 9.88 Å². The van der Waals surface area contributed by atoms with Gasteiger partial charge in [-0.2, -0.15) is 0 Å². The van der Waals surface area contributed by atoms with Crippen molar-refractivity contribution in [2.45, 2.75) is 4.90 Å². The van der Waals surface area contributed by atoms with Gasteiger partial charge in [0.2, 0.25) is 10.0 Å². The lowest BCUT2D eigenvalue weighted by Gasteiger charge is -2.11. The molecule has 110 valence electrons. The fourth-order valence-corrected chi connectivity index (χ4v) is 2.58. The van der Waals surface area contributed by atoms with Crippen LogP contribution in [0.5, 0.6) is 5.75 Å². The first-order valence-corrected chi connectivity index (χ1v) is 7.54. The maximum atomic E-state index is 12.3. The van der Waals surface area contributed by atoms with Crippen molar-refractivity contribution in [3.05, 3.63) is 54.1 Å². The number of nitrogens with two attached hydrogens (primary N) is 1. The van der Waals surface area contributed by atoms with Crippen LogP contribution in [0, 0.1) is 0 Å². The molecule has 2 rings (SSSR count). The van der Waals surface area contributed by atoms with Gasteiger partial charge in [0, 0.05) is 0 Å². The van der Waals surface area contributed by atoms with Gasteiger partial charge in [0.25, 0.3) is 5.91 Å². The Balaban J connectivity index is 2.38. The van der Waals surface area contributed by atoms with Crippen molar-refractivity contribution in [3.8, 4) is 5.75 Å². The molecule has 1 amide bonds. The van der Waals surface area contributed by atoms with Crippen molar-refractivity contribution < 1.29 is 17.9 Å². The first kappa shape index (κ1) is 15.0. The molecule has 3 N–H and O–H groups in total. The third kappa shape index (κ3) is 3.39. The molecule has 0 heterocycles. The van der Waals surface area contributed by atoms with Gasteiger partial charge in [0.15, 0.2) is 0 Å². The Morgan fingerprint density at radius 2 is 1.71 bits per heavy atom. The van der Waals surface area contributed by atoms with E-state index in [-0.39, 0.29) is 10.5 Å². The molecule has 2 aromatic rings. The van der Waals surface area contributed by atoms with E-state index >= 15 is 0 Å². The second-order valence-corrected chi connectivity index (χ2v) is 5.73. The number of carbonyl (C=O) groups excluding carboxylic acids is 1. The molecule has 0 aliphatic carbocycles. The van der Waals surface area contributed by atoms with Gasteiger partial charge in [-0.05, 0) is 24.3 Å². The normalized spacial score (nSPS) is 11.0. The molecule has 0 unspecified atom stereocenters. The molecule has 2 aromatic carbocycles. The van der Waals surface area contributed by atoms with Crippen LogP contribution >= 0.6 is 0 Å². The Labute approximate surface area is 122 Å². The average molecular weight is 306 g/mol. The van der Waals surface area contributed by atoms with E-state index < -0.39 is 15.9 Å². The molecule has 0 aliphatic rings. The minimum atomic E-state index is -3.98. The minimum Gasteiger partial charge on any atom is -0.495 e. The zero-order chi connectivity index (χ0) is 15.5. The topological polar surface area (TPSA) is 98.5 Å². The third-order valence-corrected chi connectivity index (χ3v) is 3.76. The summed E-state index contributed by atoms with van der Waals surface area (Å²) in [7, 11) is -2.50. The van der Waals surface area contributed by atoms with Crippen molar-refractivity contribution in [3.63, 3.8) is 0 Å². The Morgan fingerprint density at radius 3 is 2.38 bits per heavy atom. The predicted molar refractivity (Wildman–Crippen MR) is 78.8 cm³/mol. The summed E-state index contributed by atoms with van der Waals surface area (Å²) in [5.41, 5.74) is 0.417. The lowest BCUT2D eigenvalue weighted by Crippen LogP contribution is -2.20. The standard InChI is InChI=1S/C14H14N2O4S/c1-20-12-8-4-3-7-11(12)16-14(17)10-6-2-5-9-13(10)21(15,18)19/h2-9H,1H3,(H,16,17)(H2,15,18,19). The summed E-state index contributed by atoms with van der Waals surface area (Å²) in [6.45, 7) is 0. The molecule has 0 saturated heterocycles.